The van der Waals surface area contributed by atoms with E-state index in [0.29, 0.717) is 29.2 Å². The first-order chi connectivity index (χ1) is 14.3. The van der Waals surface area contributed by atoms with Crippen molar-refractivity contribution < 1.29 is 17.8 Å². The molecular formula is C18H17ClN4O6S. The maximum atomic E-state index is 12.9. The number of nitro benzene ring substituents is 1. The Morgan fingerprint density at radius 2 is 1.80 bits per heavy atom. The lowest BCUT2D eigenvalue weighted by Gasteiger charge is -2.33. The van der Waals surface area contributed by atoms with E-state index in [0.717, 1.165) is 0 Å². The van der Waals surface area contributed by atoms with E-state index in [1.54, 1.807) is 18.2 Å². The van der Waals surface area contributed by atoms with Gasteiger partial charge in [-0.25, -0.2) is 13.2 Å². The van der Waals surface area contributed by atoms with Gasteiger partial charge in [-0.2, -0.15) is 4.31 Å². The molecule has 0 radical (unpaired) electrons. The standard InChI is InChI=1S/C18H17ClN4O6S/c19-13-5-6-14-16(11-13)29-18(24)22(14)12-20-7-9-21(10-8-20)30(27,28)17-4-2-1-3-15(17)23(25)26/h1-6,11H,7-10,12H2. The van der Waals surface area contributed by atoms with E-state index in [1.807, 2.05) is 4.90 Å². The van der Waals surface area contributed by atoms with Crippen molar-refractivity contribution in [2.24, 2.45) is 0 Å². The minimum absolute atomic E-state index is 0.144. The summed E-state index contributed by atoms with van der Waals surface area (Å²) < 4.78 is 33.7. The van der Waals surface area contributed by atoms with Crippen LogP contribution in [-0.2, 0) is 16.7 Å². The molecule has 2 aromatic carbocycles. The fourth-order valence-corrected chi connectivity index (χ4v) is 5.19. The van der Waals surface area contributed by atoms with Crippen LogP contribution < -0.4 is 5.76 Å². The molecule has 0 spiro atoms. The summed E-state index contributed by atoms with van der Waals surface area (Å²) >= 11 is 5.93. The molecule has 1 fully saturated rings. The van der Waals surface area contributed by atoms with E-state index in [4.69, 9.17) is 16.0 Å². The zero-order valence-corrected chi connectivity index (χ0v) is 17.2. The number of halogens is 1. The Labute approximate surface area is 176 Å². The number of piperazine rings is 1. The predicted octanol–water partition coefficient (Wildman–Crippen LogP) is 2.12. The molecule has 1 aliphatic rings. The summed E-state index contributed by atoms with van der Waals surface area (Å²) in [5.74, 6) is -0.526. The minimum Gasteiger partial charge on any atom is -0.408 e. The van der Waals surface area contributed by atoms with Crippen LogP contribution in [-0.4, -0.2) is 53.3 Å². The van der Waals surface area contributed by atoms with Crippen molar-refractivity contribution >= 4 is 38.4 Å². The molecule has 10 nitrogen and oxygen atoms in total. The molecule has 1 saturated heterocycles. The molecule has 0 bridgehead atoms. The smallest absolute Gasteiger partial charge is 0.408 e. The lowest BCUT2D eigenvalue weighted by Crippen LogP contribution is -2.49. The number of aromatic nitrogens is 1. The number of nitrogens with zero attached hydrogens (tertiary/aromatic N) is 4. The van der Waals surface area contributed by atoms with Crippen LogP contribution in [0.5, 0.6) is 0 Å². The average molecular weight is 453 g/mol. The zero-order chi connectivity index (χ0) is 21.5. The van der Waals surface area contributed by atoms with Crippen LogP contribution in [0.25, 0.3) is 11.1 Å². The number of sulfonamides is 1. The number of rotatable bonds is 5. The second-order valence-corrected chi connectivity index (χ2v) is 9.14. The number of para-hydroxylation sites is 1. The van der Waals surface area contributed by atoms with Gasteiger partial charge in [0.15, 0.2) is 10.5 Å². The van der Waals surface area contributed by atoms with Crippen LogP contribution in [0.1, 0.15) is 0 Å². The van der Waals surface area contributed by atoms with Gasteiger partial charge in [0.05, 0.1) is 17.1 Å². The van der Waals surface area contributed by atoms with Gasteiger partial charge in [-0.05, 0) is 18.2 Å². The summed E-state index contributed by atoms with van der Waals surface area (Å²) in [7, 11) is -4.01. The van der Waals surface area contributed by atoms with Crippen molar-refractivity contribution in [3.8, 4) is 0 Å². The van der Waals surface area contributed by atoms with Crippen LogP contribution in [0.3, 0.4) is 0 Å². The maximum Gasteiger partial charge on any atom is 0.421 e. The van der Waals surface area contributed by atoms with Crippen molar-refractivity contribution in [2.75, 3.05) is 26.2 Å². The second-order valence-electron chi connectivity index (χ2n) is 6.80. The molecule has 12 heteroatoms. The van der Waals surface area contributed by atoms with Crippen molar-refractivity contribution in [2.45, 2.75) is 11.6 Å². The average Bonchev–Trinajstić information content (AvgIpc) is 3.02. The third kappa shape index (κ3) is 3.72. The van der Waals surface area contributed by atoms with Crippen molar-refractivity contribution in [1.29, 1.82) is 0 Å². The Morgan fingerprint density at radius 3 is 2.50 bits per heavy atom. The Balaban J connectivity index is 1.50. The van der Waals surface area contributed by atoms with Gasteiger partial charge in [0, 0.05) is 43.3 Å². The number of oxazole rings is 1. The minimum atomic E-state index is -4.01. The normalized spacial score (nSPS) is 16.2. The highest BCUT2D eigenvalue weighted by atomic mass is 35.5. The van der Waals surface area contributed by atoms with Gasteiger partial charge < -0.3 is 4.42 Å². The third-order valence-electron chi connectivity index (χ3n) is 4.98. The van der Waals surface area contributed by atoms with E-state index in [2.05, 4.69) is 0 Å². The van der Waals surface area contributed by atoms with E-state index in [1.165, 1.54) is 33.1 Å². The lowest BCUT2D eigenvalue weighted by molar-refractivity contribution is -0.387. The fourth-order valence-electron chi connectivity index (χ4n) is 3.45. The van der Waals surface area contributed by atoms with Gasteiger partial charge in [-0.3, -0.25) is 19.6 Å². The molecular weight excluding hydrogens is 436 g/mol. The van der Waals surface area contributed by atoms with Gasteiger partial charge in [-0.15, -0.1) is 0 Å². The molecule has 3 aromatic rings. The van der Waals surface area contributed by atoms with Gasteiger partial charge in [0.1, 0.15) is 0 Å². The molecule has 2 heterocycles. The van der Waals surface area contributed by atoms with E-state index >= 15 is 0 Å². The number of fused-ring (bicyclic) bond motifs is 1. The molecule has 0 aliphatic carbocycles. The molecule has 1 aliphatic heterocycles. The lowest BCUT2D eigenvalue weighted by atomic mass is 10.3. The topological polar surface area (TPSA) is 119 Å². The highest BCUT2D eigenvalue weighted by Gasteiger charge is 2.33. The summed E-state index contributed by atoms with van der Waals surface area (Å²) in [6, 6.07) is 10.2. The summed E-state index contributed by atoms with van der Waals surface area (Å²) in [6.07, 6.45) is 0. The SMILES string of the molecule is O=c1oc2cc(Cl)ccc2n1CN1CCN(S(=O)(=O)c2ccccc2[N+](=O)[O-])CC1. The Morgan fingerprint density at radius 1 is 1.10 bits per heavy atom. The molecule has 0 amide bonds. The molecule has 0 saturated carbocycles. The first kappa shape index (κ1) is 20.5. The quantitative estimate of drug-likeness (QED) is 0.429. The van der Waals surface area contributed by atoms with Crippen LogP contribution in [0, 0.1) is 10.1 Å². The van der Waals surface area contributed by atoms with Crippen LogP contribution in [0.15, 0.2) is 56.6 Å². The van der Waals surface area contributed by atoms with Gasteiger partial charge in [0.2, 0.25) is 10.0 Å². The molecule has 0 N–H and O–H groups in total. The van der Waals surface area contributed by atoms with Gasteiger partial charge in [-0.1, -0.05) is 23.7 Å². The Kier molecular flexibility index (Phi) is 5.36. The maximum absolute atomic E-state index is 12.9. The highest BCUT2D eigenvalue weighted by Crippen LogP contribution is 2.27. The highest BCUT2D eigenvalue weighted by molar-refractivity contribution is 7.89. The first-order valence-electron chi connectivity index (χ1n) is 9.02. The summed E-state index contributed by atoms with van der Waals surface area (Å²) in [5.41, 5.74) is 0.527. The number of hydrogen-bond acceptors (Lipinski definition) is 7. The van der Waals surface area contributed by atoms with Crippen molar-refractivity contribution in [3.05, 3.63) is 68.2 Å². The molecule has 30 heavy (non-hydrogen) atoms. The van der Waals surface area contributed by atoms with Crippen molar-refractivity contribution in [1.82, 2.24) is 13.8 Å². The molecule has 158 valence electrons. The van der Waals surface area contributed by atoms with Crippen LogP contribution >= 0.6 is 11.6 Å². The Hall–Kier alpha value is -2.73. The monoisotopic (exact) mass is 452 g/mol. The first-order valence-corrected chi connectivity index (χ1v) is 10.8. The molecule has 4 rings (SSSR count). The Bertz CT molecular complexity index is 1280. The third-order valence-corrected chi connectivity index (χ3v) is 7.16. The predicted molar refractivity (Wildman–Crippen MR) is 109 cm³/mol. The van der Waals surface area contributed by atoms with Crippen LogP contribution in [0.4, 0.5) is 5.69 Å². The molecule has 1 aromatic heterocycles. The van der Waals surface area contributed by atoms with Crippen LogP contribution in [0.2, 0.25) is 5.02 Å². The van der Waals surface area contributed by atoms with Gasteiger partial charge >= 0.3 is 5.76 Å². The summed E-state index contributed by atoms with van der Waals surface area (Å²) in [5, 5.41) is 11.7. The largest absolute Gasteiger partial charge is 0.421 e. The number of hydrogen-bond donors (Lipinski definition) is 0. The van der Waals surface area contributed by atoms with E-state index in [9.17, 15) is 23.3 Å². The zero-order valence-electron chi connectivity index (χ0n) is 15.6. The van der Waals surface area contributed by atoms with E-state index < -0.39 is 26.4 Å². The number of nitro groups is 1. The fraction of sp³-hybridized carbons (Fsp3) is 0.278. The second kappa shape index (κ2) is 7.84. The number of benzene rings is 2. The molecule has 0 atom stereocenters. The van der Waals surface area contributed by atoms with Gasteiger partial charge in [0.25, 0.3) is 5.69 Å². The van der Waals surface area contributed by atoms with E-state index in [-0.39, 0.29) is 24.7 Å². The van der Waals surface area contributed by atoms with Crippen molar-refractivity contribution in [3.63, 3.8) is 0 Å². The molecule has 0 unspecified atom stereocenters. The summed E-state index contributed by atoms with van der Waals surface area (Å²) in [6.45, 7) is 1.22. The summed E-state index contributed by atoms with van der Waals surface area (Å²) in [4.78, 5) is 24.3.